The third-order valence-corrected chi connectivity index (χ3v) is 8.13. The number of unbranched alkanes of at least 4 members (excludes halogenated alkanes) is 1. The summed E-state index contributed by atoms with van der Waals surface area (Å²) in [6.45, 7) is 8.50. The van der Waals surface area contributed by atoms with Crippen LogP contribution in [0.3, 0.4) is 0 Å². The molecule has 0 spiro atoms. The third-order valence-electron chi connectivity index (χ3n) is 7.35. The van der Waals surface area contributed by atoms with Crippen molar-refractivity contribution < 1.29 is 23.9 Å². The predicted molar refractivity (Wildman–Crippen MR) is 160 cm³/mol. The molecule has 5 N–H and O–H groups in total. The van der Waals surface area contributed by atoms with E-state index in [2.05, 4.69) is 43.0 Å². The summed E-state index contributed by atoms with van der Waals surface area (Å²) < 4.78 is 18.5. The molecule has 2 aliphatic rings. The van der Waals surface area contributed by atoms with E-state index < -0.39 is 7.60 Å². The van der Waals surface area contributed by atoms with Crippen LogP contribution in [0.4, 0.5) is 17.6 Å². The molecule has 0 saturated carbocycles. The number of carbonyl (C=O) groups is 1. The number of amides is 1. The number of morpholine rings is 1. The average molecular weight is 609 g/mol. The lowest BCUT2D eigenvalue weighted by Gasteiger charge is -2.33. The van der Waals surface area contributed by atoms with E-state index in [1.54, 1.807) is 4.68 Å². The van der Waals surface area contributed by atoms with Crippen molar-refractivity contribution in [1.29, 1.82) is 0 Å². The predicted octanol–water partition coefficient (Wildman–Crippen LogP) is 1.27. The average Bonchev–Trinajstić information content (AvgIpc) is 3.44. The Morgan fingerprint density at radius 2 is 1.90 bits per heavy atom. The van der Waals surface area contributed by atoms with Crippen LogP contribution in [-0.4, -0.2) is 110 Å². The number of anilines is 3. The van der Waals surface area contributed by atoms with E-state index in [0.717, 1.165) is 75.6 Å². The van der Waals surface area contributed by atoms with E-state index in [-0.39, 0.29) is 18.1 Å². The van der Waals surface area contributed by atoms with Crippen LogP contribution in [0.25, 0.3) is 0 Å². The molecule has 16 heteroatoms. The zero-order chi connectivity index (χ0) is 29.8. The van der Waals surface area contributed by atoms with Crippen molar-refractivity contribution in [3.8, 4) is 0 Å². The lowest BCUT2D eigenvalue weighted by molar-refractivity contribution is -0.121. The van der Waals surface area contributed by atoms with Gasteiger partial charge in [0, 0.05) is 64.3 Å². The number of aryl methyl sites for hydroxylation is 1. The van der Waals surface area contributed by atoms with Gasteiger partial charge in [0.2, 0.25) is 11.9 Å². The first kappa shape index (κ1) is 32.1. The smallest absolute Gasteiger partial charge is 0.326 e. The van der Waals surface area contributed by atoms with Gasteiger partial charge in [0.25, 0.3) is 0 Å². The number of nitrogens with one attached hydrogen (secondary N) is 3. The van der Waals surface area contributed by atoms with Crippen molar-refractivity contribution in [2.75, 3.05) is 74.2 Å². The number of nitrogens with zero attached hydrogens (tertiary/aromatic N) is 7. The SMILES string of the molecule is CCCCC(=O)NCCCn1cc(CNc2nc(NC3CCN(CCP(=O)(O)O)CC3)cc(N3CCOCC3)n2)nn1. The third kappa shape index (κ3) is 11.1. The molecule has 4 rings (SSSR count). The fourth-order valence-electron chi connectivity index (χ4n) is 4.92. The Hall–Kier alpha value is -2.84. The molecule has 42 heavy (non-hydrogen) atoms. The van der Waals surface area contributed by atoms with Gasteiger partial charge in [0.05, 0.1) is 32.1 Å². The molecule has 4 heterocycles. The lowest BCUT2D eigenvalue weighted by Crippen LogP contribution is -2.40. The van der Waals surface area contributed by atoms with Crippen LogP contribution in [-0.2, 0) is 27.2 Å². The van der Waals surface area contributed by atoms with Crippen LogP contribution in [0.2, 0.25) is 0 Å². The van der Waals surface area contributed by atoms with Crippen LogP contribution in [0.1, 0.15) is 51.1 Å². The minimum atomic E-state index is -3.99. The summed E-state index contributed by atoms with van der Waals surface area (Å²) in [7, 11) is -3.99. The Labute approximate surface area is 247 Å². The van der Waals surface area contributed by atoms with Crippen molar-refractivity contribution in [1.82, 2.24) is 35.2 Å². The standard InChI is InChI=1S/C26H45N10O5P/c1-2-3-5-25(37)27-8-4-9-36-20-22(32-33-36)19-28-26-30-23(18-24(31-26)35-12-15-41-16-13-35)29-21-6-10-34(11-7-21)14-17-42(38,39)40/h18,20-21H,2-17,19H2,1H3,(H,27,37)(H2,38,39,40)(H2,28,29,30,31). The second-order valence-corrected chi connectivity index (χ2v) is 12.6. The fourth-order valence-corrected chi connectivity index (χ4v) is 5.46. The number of piperidine rings is 1. The Morgan fingerprint density at radius 3 is 2.64 bits per heavy atom. The van der Waals surface area contributed by atoms with E-state index >= 15 is 0 Å². The molecule has 2 fully saturated rings. The maximum absolute atomic E-state index is 11.8. The van der Waals surface area contributed by atoms with Gasteiger partial charge in [0.1, 0.15) is 17.3 Å². The zero-order valence-corrected chi connectivity index (χ0v) is 25.3. The molecule has 0 atom stereocenters. The van der Waals surface area contributed by atoms with Gasteiger partial charge in [-0.1, -0.05) is 18.6 Å². The number of rotatable bonds is 16. The molecule has 0 bridgehead atoms. The molecule has 0 radical (unpaired) electrons. The highest BCUT2D eigenvalue weighted by Crippen LogP contribution is 2.34. The quantitative estimate of drug-likeness (QED) is 0.136. The van der Waals surface area contributed by atoms with Crippen LogP contribution < -0.4 is 20.9 Å². The second-order valence-electron chi connectivity index (χ2n) is 10.8. The molecule has 2 aromatic rings. The van der Waals surface area contributed by atoms with Crippen molar-refractivity contribution in [3.05, 3.63) is 18.0 Å². The fraction of sp³-hybridized carbons (Fsp3) is 0.731. The van der Waals surface area contributed by atoms with Crippen LogP contribution >= 0.6 is 7.60 Å². The van der Waals surface area contributed by atoms with Crippen LogP contribution in [0.5, 0.6) is 0 Å². The summed E-state index contributed by atoms with van der Waals surface area (Å²) in [6.07, 6.45) is 6.75. The number of hydrogen-bond donors (Lipinski definition) is 5. The van der Waals surface area contributed by atoms with Crippen molar-refractivity contribution in [2.45, 2.75) is 64.6 Å². The topological polar surface area (TPSA) is 183 Å². The van der Waals surface area contributed by atoms with Gasteiger partial charge in [0.15, 0.2) is 0 Å². The highest BCUT2D eigenvalue weighted by Gasteiger charge is 2.23. The number of hydrogen-bond acceptors (Lipinski definition) is 11. The molecule has 0 aliphatic carbocycles. The summed E-state index contributed by atoms with van der Waals surface area (Å²) in [5.74, 6) is 2.14. The summed E-state index contributed by atoms with van der Waals surface area (Å²) >= 11 is 0. The van der Waals surface area contributed by atoms with Crippen molar-refractivity contribution in [2.24, 2.45) is 0 Å². The number of ether oxygens (including phenoxy) is 1. The van der Waals surface area contributed by atoms with Crippen molar-refractivity contribution >= 4 is 31.1 Å². The molecule has 234 valence electrons. The van der Waals surface area contributed by atoms with E-state index in [4.69, 9.17) is 14.7 Å². The summed E-state index contributed by atoms with van der Waals surface area (Å²) in [4.78, 5) is 43.9. The van der Waals surface area contributed by atoms with Gasteiger partial charge in [-0.05, 0) is 25.7 Å². The molecule has 15 nitrogen and oxygen atoms in total. The minimum absolute atomic E-state index is 0.0946. The van der Waals surface area contributed by atoms with Gasteiger partial charge in [-0.15, -0.1) is 5.10 Å². The first-order valence-corrected chi connectivity index (χ1v) is 16.7. The molecule has 0 aromatic carbocycles. The molecular weight excluding hydrogens is 563 g/mol. The molecule has 2 aromatic heterocycles. The first-order chi connectivity index (χ1) is 20.3. The van der Waals surface area contributed by atoms with Crippen molar-refractivity contribution in [3.63, 3.8) is 0 Å². The maximum Gasteiger partial charge on any atom is 0.326 e. The van der Waals surface area contributed by atoms with Gasteiger partial charge in [-0.25, -0.2) is 0 Å². The Bertz CT molecular complexity index is 1160. The Balaban J connectivity index is 1.30. The number of likely N-dealkylation sites (tertiary alicyclic amines) is 1. The lowest BCUT2D eigenvalue weighted by atomic mass is 10.1. The van der Waals surface area contributed by atoms with Gasteiger partial charge < -0.3 is 40.3 Å². The van der Waals surface area contributed by atoms with E-state index in [9.17, 15) is 19.1 Å². The van der Waals surface area contributed by atoms with Gasteiger partial charge in [-0.2, -0.15) is 9.97 Å². The summed E-state index contributed by atoms with van der Waals surface area (Å²) in [6, 6.07) is 2.17. The maximum atomic E-state index is 11.8. The zero-order valence-electron chi connectivity index (χ0n) is 24.4. The Morgan fingerprint density at radius 1 is 1.12 bits per heavy atom. The first-order valence-electron chi connectivity index (χ1n) is 14.9. The van der Waals surface area contributed by atoms with E-state index in [1.165, 1.54) is 0 Å². The van der Waals surface area contributed by atoms with Crippen LogP contribution in [0.15, 0.2) is 12.3 Å². The monoisotopic (exact) mass is 608 g/mol. The van der Waals surface area contributed by atoms with Gasteiger partial charge >= 0.3 is 7.60 Å². The van der Waals surface area contributed by atoms with E-state index in [1.807, 2.05) is 12.3 Å². The molecule has 2 saturated heterocycles. The number of carbonyl (C=O) groups excluding carboxylic acids is 1. The van der Waals surface area contributed by atoms with Crippen LogP contribution in [0, 0.1) is 0 Å². The number of aromatic nitrogens is 5. The molecule has 2 aliphatic heterocycles. The highest BCUT2D eigenvalue weighted by molar-refractivity contribution is 7.51. The summed E-state index contributed by atoms with van der Waals surface area (Å²) in [5, 5.41) is 18.3. The highest BCUT2D eigenvalue weighted by atomic mass is 31.2. The molecule has 1 amide bonds. The summed E-state index contributed by atoms with van der Waals surface area (Å²) in [5.41, 5.74) is 0.763. The normalized spacial score (nSPS) is 16.9. The van der Waals surface area contributed by atoms with Gasteiger partial charge in [-0.3, -0.25) is 14.0 Å². The second kappa shape index (κ2) is 16.1. The molecular formula is C26H45N10O5P. The Kier molecular flexibility index (Phi) is 12.3. The largest absolute Gasteiger partial charge is 0.378 e. The molecule has 0 unspecified atom stereocenters. The van der Waals surface area contributed by atoms with E-state index in [0.29, 0.717) is 51.8 Å². The minimum Gasteiger partial charge on any atom is -0.378 e.